The Kier molecular flexibility index (Phi) is 6.29. The number of aromatic nitrogens is 2. The van der Waals surface area contributed by atoms with E-state index in [0.29, 0.717) is 35.9 Å². The van der Waals surface area contributed by atoms with E-state index in [1.54, 1.807) is 25.6 Å². The summed E-state index contributed by atoms with van der Waals surface area (Å²) < 4.78 is 35.3. The number of nitrogens with zero attached hydrogens (tertiary/aromatic N) is 3. The van der Waals surface area contributed by atoms with Crippen LogP contribution in [-0.2, 0) is 16.6 Å². The van der Waals surface area contributed by atoms with Crippen molar-refractivity contribution in [1.82, 2.24) is 14.1 Å². The molecule has 6 nitrogen and oxygen atoms in total. The summed E-state index contributed by atoms with van der Waals surface area (Å²) in [7, 11) is -1.93. The molecule has 1 aromatic heterocycles. The Labute approximate surface area is 158 Å². The predicted octanol–water partition coefficient (Wildman–Crippen LogP) is 3.35. The van der Waals surface area contributed by atoms with Crippen molar-refractivity contribution in [3.8, 4) is 5.75 Å². The quantitative estimate of drug-likeness (QED) is 0.676. The maximum absolute atomic E-state index is 12.9. The average Bonchev–Trinajstić information content (AvgIpc) is 2.83. The average molecular weight is 430 g/mol. The van der Waals surface area contributed by atoms with Crippen LogP contribution in [0.1, 0.15) is 30.8 Å². The fourth-order valence-electron chi connectivity index (χ4n) is 2.93. The van der Waals surface area contributed by atoms with Gasteiger partial charge < -0.3 is 4.74 Å². The van der Waals surface area contributed by atoms with Crippen LogP contribution < -0.4 is 4.74 Å². The van der Waals surface area contributed by atoms with E-state index < -0.39 is 10.0 Å². The minimum absolute atomic E-state index is 0.296. The second kappa shape index (κ2) is 7.88. The van der Waals surface area contributed by atoms with Crippen molar-refractivity contribution in [2.24, 2.45) is 0 Å². The molecule has 0 atom stereocenters. The van der Waals surface area contributed by atoms with Crippen molar-refractivity contribution < 1.29 is 13.2 Å². The zero-order valence-electron chi connectivity index (χ0n) is 15.2. The maximum atomic E-state index is 12.9. The molecule has 2 aromatic rings. The van der Waals surface area contributed by atoms with Gasteiger partial charge in [0.15, 0.2) is 0 Å². The Morgan fingerprint density at radius 1 is 1.24 bits per heavy atom. The molecule has 0 bridgehead atoms. The topological polar surface area (TPSA) is 64.4 Å². The minimum Gasteiger partial charge on any atom is -0.496 e. The smallest absolute Gasteiger partial charge is 0.246 e. The highest BCUT2D eigenvalue weighted by molar-refractivity contribution is 9.10. The third kappa shape index (κ3) is 3.91. The van der Waals surface area contributed by atoms with Gasteiger partial charge in [-0.25, -0.2) is 8.42 Å². The molecular weight excluding hydrogens is 406 g/mol. The van der Waals surface area contributed by atoms with E-state index in [0.717, 1.165) is 15.8 Å². The van der Waals surface area contributed by atoms with Gasteiger partial charge in [0.2, 0.25) is 10.0 Å². The molecule has 0 unspecified atom stereocenters. The molecule has 1 heterocycles. The van der Waals surface area contributed by atoms with Gasteiger partial charge in [0.1, 0.15) is 10.6 Å². The minimum atomic E-state index is -3.55. The van der Waals surface area contributed by atoms with Crippen LogP contribution >= 0.6 is 15.9 Å². The lowest BCUT2D eigenvalue weighted by molar-refractivity contribution is 0.407. The van der Waals surface area contributed by atoms with Gasteiger partial charge in [0, 0.05) is 23.1 Å². The molecular formula is C17H24BrN3O3S. The van der Waals surface area contributed by atoms with Gasteiger partial charge in [-0.05, 0) is 32.0 Å². The second-order valence-corrected chi connectivity index (χ2v) is 8.49. The number of halogens is 1. The highest BCUT2D eigenvalue weighted by Gasteiger charge is 2.29. The number of ether oxygens (including phenoxy) is 1. The van der Waals surface area contributed by atoms with Crippen molar-refractivity contribution in [2.45, 2.75) is 39.1 Å². The number of aryl methyl sites for hydroxylation is 1. The number of rotatable bonds is 7. The van der Waals surface area contributed by atoms with Gasteiger partial charge >= 0.3 is 0 Å². The molecule has 0 saturated carbocycles. The first kappa shape index (κ1) is 19.9. The van der Waals surface area contributed by atoms with E-state index in [9.17, 15) is 8.42 Å². The van der Waals surface area contributed by atoms with E-state index in [2.05, 4.69) is 21.0 Å². The van der Waals surface area contributed by atoms with E-state index in [1.807, 2.05) is 32.0 Å². The molecule has 0 aliphatic carbocycles. The standard InChI is InChI=1S/C17H24BrN3O3S/c1-6-20(7-2)25(22,23)17-12(3)19-21(13(17)4)11-14-10-15(18)8-9-16(14)24-5/h8-10H,6-7,11H2,1-5H3. The van der Waals surface area contributed by atoms with Crippen LogP contribution in [-0.4, -0.2) is 42.7 Å². The zero-order valence-corrected chi connectivity index (χ0v) is 17.6. The van der Waals surface area contributed by atoms with Gasteiger partial charge in [-0.3, -0.25) is 4.68 Å². The van der Waals surface area contributed by atoms with Gasteiger partial charge in [-0.1, -0.05) is 29.8 Å². The summed E-state index contributed by atoms with van der Waals surface area (Å²) in [6.45, 7) is 8.50. The molecule has 0 aliphatic rings. The van der Waals surface area contributed by atoms with Crippen LogP contribution in [0.4, 0.5) is 0 Å². The third-order valence-corrected chi connectivity index (χ3v) is 6.98. The Morgan fingerprint density at radius 2 is 1.88 bits per heavy atom. The molecule has 0 saturated heterocycles. The first-order valence-corrected chi connectivity index (χ1v) is 10.4. The number of sulfonamides is 1. The van der Waals surface area contributed by atoms with Crippen molar-refractivity contribution >= 4 is 26.0 Å². The molecule has 138 valence electrons. The van der Waals surface area contributed by atoms with E-state index in [1.165, 1.54) is 4.31 Å². The summed E-state index contributed by atoms with van der Waals surface area (Å²) in [5.74, 6) is 0.740. The summed E-state index contributed by atoms with van der Waals surface area (Å²) in [4.78, 5) is 0.296. The maximum Gasteiger partial charge on any atom is 0.246 e. The van der Waals surface area contributed by atoms with Crippen LogP contribution in [0.15, 0.2) is 27.6 Å². The zero-order chi connectivity index (χ0) is 18.8. The van der Waals surface area contributed by atoms with E-state index in [4.69, 9.17) is 4.74 Å². The largest absolute Gasteiger partial charge is 0.496 e. The van der Waals surface area contributed by atoms with Gasteiger partial charge in [-0.2, -0.15) is 9.40 Å². The monoisotopic (exact) mass is 429 g/mol. The first-order valence-electron chi connectivity index (χ1n) is 8.12. The Balaban J connectivity index is 2.49. The molecule has 0 amide bonds. The highest BCUT2D eigenvalue weighted by Crippen LogP contribution is 2.27. The Bertz CT molecular complexity index is 858. The van der Waals surface area contributed by atoms with Gasteiger partial charge in [0.25, 0.3) is 0 Å². The molecule has 8 heteroatoms. The lowest BCUT2D eigenvalue weighted by atomic mass is 10.2. The van der Waals surface area contributed by atoms with Crippen molar-refractivity contribution in [2.75, 3.05) is 20.2 Å². The summed E-state index contributed by atoms with van der Waals surface area (Å²) in [5.41, 5.74) is 2.07. The van der Waals surface area contributed by atoms with Crippen LogP contribution in [0.3, 0.4) is 0 Å². The molecule has 2 rings (SSSR count). The van der Waals surface area contributed by atoms with Crippen LogP contribution in [0.5, 0.6) is 5.75 Å². The lowest BCUT2D eigenvalue weighted by Crippen LogP contribution is -2.31. The Hall–Kier alpha value is -1.38. The summed E-state index contributed by atoms with van der Waals surface area (Å²) in [6.07, 6.45) is 0. The van der Waals surface area contributed by atoms with Crippen LogP contribution in [0.2, 0.25) is 0 Å². The highest BCUT2D eigenvalue weighted by atomic mass is 79.9. The molecule has 0 spiro atoms. The number of hydrogen-bond acceptors (Lipinski definition) is 4. The molecule has 0 fully saturated rings. The van der Waals surface area contributed by atoms with Crippen molar-refractivity contribution in [3.63, 3.8) is 0 Å². The normalized spacial score (nSPS) is 12.0. The third-order valence-electron chi connectivity index (χ3n) is 4.18. The summed E-state index contributed by atoms with van der Waals surface area (Å²) in [6, 6.07) is 5.73. The second-order valence-electron chi connectivity index (χ2n) is 5.70. The van der Waals surface area contributed by atoms with E-state index >= 15 is 0 Å². The lowest BCUT2D eigenvalue weighted by Gasteiger charge is -2.18. The molecule has 1 aromatic carbocycles. The Morgan fingerprint density at radius 3 is 2.44 bits per heavy atom. The predicted molar refractivity (Wildman–Crippen MR) is 102 cm³/mol. The fraction of sp³-hybridized carbons (Fsp3) is 0.471. The van der Waals surface area contributed by atoms with Gasteiger partial charge in [0.05, 0.1) is 25.0 Å². The van der Waals surface area contributed by atoms with Crippen molar-refractivity contribution in [3.05, 3.63) is 39.6 Å². The molecule has 0 radical (unpaired) electrons. The van der Waals surface area contributed by atoms with Crippen molar-refractivity contribution in [1.29, 1.82) is 0 Å². The molecule has 0 N–H and O–H groups in total. The SMILES string of the molecule is CCN(CC)S(=O)(=O)c1c(C)nn(Cc2cc(Br)ccc2OC)c1C. The summed E-state index contributed by atoms with van der Waals surface area (Å²) >= 11 is 3.46. The summed E-state index contributed by atoms with van der Waals surface area (Å²) in [5, 5.41) is 4.47. The molecule has 25 heavy (non-hydrogen) atoms. The molecule has 0 aliphatic heterocycles. The first-order chi connectivity index (χ1) is 11.8. The van der Waals surface area contributed by atoms with Gasteiger partial charge in [-0.15, -0.1) is 0 Å². The number of hydrogen-bond donors (Lipinski definition) is 0. The number of benzene rings is 1. The van der Waals surface area contributed by atoms with Crippen LogP contribution in [0.25, 0.3) is 0 Å². The van der Waals surface area contributed by atoms with E-state index in [-0.39, 0.29) is 0 Å². The fourth-order valence-corrected chi connectivity index (χ4v) is 5.17. The number of methoxy groups -OCH3 is 1. The van der Waals surface area contributed by atoms with Crippen LogP contribution in [0, 0.1) is 13.8 Å².